The number of rotatable bonds is 7. The van der Waals surface area contributed by atoms with Crippen molar-refractivity contribution < 1.29 is 9.53 Å². The summed E-state index contributed by atoms with van der Waals surface area (Å²) in [5.41, 5.74) is 5.88. The Bertz CT molecular complexity index is 468. The number of carbonyl (C=O) groups is 1. The average Bonchev–Trinajstić information content (AvgIpc) is 3.10. The van der Waals surface area contributed by atoms with Gasteiger partial charge < -0.3 is 20.7 Å². The molecule has 1 amide bonds. The van der Waals surface area contributed by atoms with Gasteiger partial charge in [-0.25, -0.2) is 4.98 Å². The van der Waals surface area contributed by atoms with E-state index in [4.69, 9.17) is 10.5 Å². The van der Waals surface area contributed by atoms with Crippen LogP contribution >= 0.6 is 11.3 Å². The van der Waals surface area contributed by atoms with Crippen LogP contribution in [-0.2, 0) is 4.74 Å². The molecule has 2 rings (SSSR count). The van der Waals surface area contributed by atoms with Crippen LogP contribution < -0.4 is 16.0 Å². The third-order valence-electron chi connectivity index (χ3n) is 3.74. The molecule has 118 valence electrons. The van der Waals surface area contributed by atoms with Crippen molar-refractivity contribution in [1.82, 2.24) is 10.3 Å². The smallest absolute Gasteiger partial charge is 0.265 e. The van der Waals surface area contributed by atoms with E-state index < -0.39 is 0 Å². The first kappa shape index (κ1) is 16.0. The van der Waals surface area contributed by atoms with Gasteiger partial charge in [0.15, 0.2) is 5.13 Å². The lowest BCUT2D eigenvalue weighted by atomic mass is 10.1. The molecule has 1 aromatic rings. The standard InChI is InChI=1S/C14H24N4O2S/c1-3-18(4-2)14-17-12(15)11(21-14)13(19)16-7-5-10-6-8-20-9-10/h10H,3-9,15H2,1-2H3,(H,16,19). The van der Waals surface area contributed by atoms with E-state index in [0.717, 1.165) is 44.3 Å². The van der Waals surface area contributed by atoms with Crippen LogP contribution in [0.15, 0.2) is 0 Å². The van der Waals surface area contributed by atoms with E-state index >= 15 is 0 Å². The van der Waals surface area contributed by atoms with Crippen LogP contribution in [0.5, 0.6) is 0 Å². The van der Waals surface area contributed by atoms with Crippen molar-refractivity contribution >= 4 is 28.2 Å². The van der Waals surface area contributed by atoms with Crippen LogP contribution in [0.4, 0.5) is 10.9 Å². The number of nitrogens with two attached hydrogens (primary N) is 1. The molecule has 1 aliphatic rings. The molecule has 0 aliphatic carbocycles. The molecule has 1 aliphatic heterocycles. The largest absolute Gasteiger partial charge is 0.382 e. The van der Waals surface area contributed by atoms with Crippen LogP contribution in [0, 0.1) is 5.92 Å². The van der Waals surface area contributed by atoms with Gasteiger partial charge in [-0.1, -0.05) is 11.3 Å². The molecule has 7 heteroatoms. The van der Waals surface area contributed by atoms with Crippen LogP contribution in [-0.4, -0.2) is 43.7 Å². The lowest BCUT2D eigenvalue weighted by molar-refractivity contribution is 0.0955. The van der Waals surface area contributed by atoms with Gasteiger partial charge in [0.1, 0.15) is 10.7 Å². The van der Waals surface area contributed by atoms with Gasteiger partial charge in [-0.2, -0.15) is 0 Å². The van der Waals surface area contributed by atoms with E-state index in [1.165, 1.54) is 11.3 Å². The predicted molar refractivity (Wildman–Crippen MR) is 86.0 cm³/mol. The first-order chi connectivity index (χ1) is 10.2. The van der Waals surface area contributed by atoms with Crippen molar-refractivity contribution in [3.63, 3.8) is 0 Å². The van der Waals surface area contributed by atoms with Crippen molar-refractivity contribution in [3.05, 3.63) is 4.88 Å². The summed E-state index contributed by atoms with van der Waals surface area (Å²) in [5.74, 6) is 0.765. The number of carbonyl (C=O) groups excluding carboxylic acids is 1. The number of aromatic nitrogens is 1. The Labute approximate surface area is 129 Å². The number of nitrogens with zero attached hydrogens (tertiary/aromatic N) is 2. The van der Waals surface area contributed by atoms with Gasteiger partial charge in [-0.3, -0.25) is 4.79 Å². The summed E-state index contributed by atoms with van der Waals surface area (Å²) in [7, 11) is 0. The molecule has 1 saturated heterocycles. The predicted octanol–water partition coefficient (Wildman–Crippen LogP) is 1.73. The normalized spacial score (nSPS) is 17.9. The molecule has 0 spiro atoms. The van der Waals surface area contributed by atoms with Gasteiger partial charge in [-0.05, 0) is 32.6 Å². The number of amides is 1. The highest BCUT2D eigenvalue weighted by Gasteiger charge is 2.19. The second-order valence-electron chi connectivity index (χ2n) is 5.16. The number of hydrogen-bond acceptors (Lipinski definition) is 6. The van der Waals surface area contributed by atoms with Crippen molar-refractivity contribution in [2.24, 2.45) is 5.92 Å². The lowest BCUT2D eigenvalue weighted by Gasteiger charge is -2.16. The fraction of sp³-hybridized carbons (Fsp3) is 0.714. The fourth-order valence-corrected chi connectivity index (χ4v) is 3.42. The Balaban J connectivity index is 1.89. The van der Waals surface area contributed by atoms with Crippen molar-refractivity contribution in [3.8, 4) is 0 Å². The van der Waals surface area contributed by atoms with E-state index in [1.54, 1.807) is 0 Å². The van der Waals surface area contributed by atoms with Crippen LogP contribution in [0.3, 0.4) is 0 Å². The van der Waals surface area contributed by atoms with E-state index in [1.807, 2.05) is 0 Å². The summed E-state index contributed by atoms with van der Waals surface area (Å²) in [5, 5.41) is 3.74. The average molecular weight is 312 g/mol. The summed E-state index contributed by atoms with van der Waals surface area (Å²) in [6.45, 7) is 8.14. The Kier molecular flexibility index (Phi) is 5.81. The van der Waals surface area contributed by atoms with Crippen LogP contribution in [0.2, 0.25) is 0 Å². The number of nitrogen functional groups attached to an aromatic ring is 1. The maximum absolute atomic E-state index is 12.2. The highest BCUT2D eigenvalue weighted by Crippen LogP contribution is 2.27. The van der Waals surface area contributed by atoms with Gasteiger partial charge in [0.25, 0.3) is 5.91 Å². The number of hydrogen-bond donors (Lipinski definition) is 2. The summed E-state index contributed by atoms with van der Waals surface area (Å²) in [6, 6.07) is 0. The topological polar surface area (TPSA) is 80.5 Å². The van der Waals surface area contributed by atoms with E-state index in [0.29, 0.717) is 23.2 Å². The highest BCUT2D eigenvalue weighted by atomic mass is 32.1. The molecule has 3 N–H and O–H groups in total. The molecule has 0 aromatic carbocycles. The molecule has 1 fully saturated rings. The summed E-state index contributed by atoms with van der Waals surface area (Å²) < 4.78 is 5.33. The molecule has 1 unspecified atom stereocenters. The number of thiazole rings is 1. The zero-order valence-corrected chi connectivity index (χ0v) is 13.5. The highest BCUT2D eigenvalue weighted by molar-refractivity contribution is 7.18. The van der Waals surface area contributed by atoms with Gasteiger partial charge >= 0.3 is 0 Å². The third-order valence-corrected chi connectivity index (χ3v) is 4.88. The van der Waals surface area contributed by atoms with E-state index in [-0.39, 0.29) is 5.91 Å². The minimum Gasteiger partial charge on any atom is -0.382 e. The Morgan fingerprint density at radius 2 is 2.29 bits per heavy atom. The summed E-state index contributed by atoms with van der Waals surface area (Å²) in [6.07, 6.45) is 2.04. The third kappa shape index (κ3) is 4.07. The molecule has 1 atom stereocenters. The van der Waals surface area contributed by atoms with Crippen molar-refractivity contribution in [2.75, 3.05) is 43.5 Å². The second-order valence-corrected chi connectivity index (χ2v) is 6.13. The monoisotopic (exact) mass is 312 g/mol. The molecular formula is C14H24N4O2S. The Morgan fingerprint density at radius 3 is 2.90 bits per heavy atom. The fourth-order valence-electron chi connectivity index (χ4n) is 2.39. The molecule has 0 saturated carbocycles. The number of anilines is 2. The minimum atomic E-state index is -0.123. The molecule has 0 radical (unpaired) electrons. The second kappa shape index (κ2) is 7.61. The van der Waals surface area contributed by atoms with E-state index in [2.05, 4.69) is 29.0 Å². The molecule has 1 aromatic heterocycles. The maximum Gasteiger partial charge on any atom is 0.265 e. The Morgan fingerprint density at radius 1 is 1.52 bits per heavy atom. The van der Waals surface area contributed by atoms with Gasteiger partial charge in [0, 0.05) is 32.8 Å². The van der Waals surface area contributed by atoms with Crippen molar-refractivity contribution in [2.45, 2.75) is 26.7 Å². The lowest BCUT2D eigenvalue weighted by Crippen LogP contribution is -2.26. The first-order valence-corrected chi connectivity index (χ1v) is 8.34. The summed E-state index contributed by atoms with van der Waals surface area (Å²) in [4.78, 5) is 19.1. The summed E-state index contributed by atoms with van der Waals surface area (Å²) >= 11 is 1.36. The molecule has 0 bridgehead atoms. The molecular weight excluding hydrogens is 288 g/mol. The van der Waals surface area contributed by atoms with Crippen LogP contribution in [0.1, 0.15) is 36.4 Å². The number of nitrogens with one attached hydrogen (secondary N) is 1. The van der Waals surface area contributed by atoms with E-state index in [9.17, 15) is 4.79 Å². The zero-order valence-electron chi connectivity index (χ0n) is 12.7. The van der Waals surface area contributed by atoms with Gasteiger partial charge in [0.2, 0.25) is 0 Å². The Hall–Kier alpha value is -1.34. The number of ether oxygens (including phenoxy) is 1. The first-order valence-electron chi connectivity index (χ1n) is 7.52. The molecule has 6 nitrogen and oxygen atoms in total. The zero-order chi connectivity index (χ0) is 15.2. The quantitative estimate of drug-likeness (QED) is 0.801. The van der Waals surface area contributed by atoms with Gasteiger partial charge in [0.05, 0.1) is 0 Å². The van der Waals surface area contributed by atoms with Gasteiger partial charge in [-0.15, -0.1) is 0 Å². The SMILES string of the molecule is CCN(CC)c1nc(N)c(C(=O)NCCC2CCOC2)s1. The minimum absolute atomic E-state index is 0.123. The molecule has 2 heterocycles. The molecule has 21 heavy (non-hydrogen) atoms. The van der Waals surface area contributed by atoms with Crippen LogP contribution in [0.25, 0.3) is 0 Å². The van der Waals surface area contributed by atoms with Crippen molar-refractivity contribution in [1.29, 1.82) is 0 Å². The maximum atomic E-state index is 12.2.